The number of nitrogens with one attached hydrogen (secondary N) is 1. The summed E-state index contributed by atoms with van der Waals surface area (Å²) in [5.74, 6) is 0.737. The Labute approximate surface area is 216 Å². The number of hydrogen-bond acceptors (Lipinski definition) is 6. The minimum absolute atomic E-state index is 0.0148. The van der Waals surface area contributed by atoms with E-state index in [9.17, 15) is 4.79 Å². The lowest BCUT2D eigenvalue weighted by molar-refractivity contribution is -0.00400. The zero-order chi connectivity index (χ0) is 25.7. The average molecular weight is 494 g/mol. The van der Waals surface area contributed by atoms with E-state index in [2.05, 4.69) is 72.1 Å². The summed E-state index contributed by atoms with van der Waals surface area (Å²) in [6.45, 7) is 15.9. The number of carbonyl (C=O) groups excluding carboxylic acids is 1. The zero-order valence-corrected chi connectivity index (χ0v) is 22.7. The molecule has 4 rings (SSSR count). The molecule has 2 fully saturated rings. The minimum atomic E-state index is 0.0148. The molecule has 0 unspecified atom stereocenters. The number of amides is 1. The summed E-state index contributed by atoms with van der Waals surface area (Å²) in [6.07, 6.45) is 6.18. The van der Waals surface area contributed by atoms with Gasteiger partial charge in [0.25, 0.3) is 5.91 Å². The van der Waals surface area contributed by atoms with Crippen LogP contribution < -0.4 is 5.32 Å². The van der Waals surface area contributed by atoms with Crippen molar-refractivity contribution in [1.82, 2.24) is 19.8 Å². The van der Waals surface area contributed by atoms with E-state index in [1.807, 2.05) is 11.8 Å². The molecular weight excluding hydrogens is 450 g/mol. The van der Waals surface area contributed by atoms with Gasteiger partial charge in [-0.05, 0) is 56.1 Å². The summed E-state index contributed by atoms with van der Waals surface area (Å²) in [7, 11) is 0. The lowest BCUT2D eigenvalue weighted by atomic mass is 9.87. The van der Waals surface area contributed by atoms with Crippen molar-refractivity contribution < 1.29 is 9.53 Å². The van der Waals surface area contributed by atoms with Crippen LogP contribution >= 0.6 is 0 Å². The normalized spacial score (nSPS) is 18.4. The number of rotatable bonds is 7. The van der Waals surface area contributed by atoms with Crippen LogP contribution in [-0.4, -0.2) is 70.6 Å². The molecule has 1 aromatic carbocycles. The molecule has 196 valence electrons. The second-order valence-corrected chi connectivity index (χ2v) is 11.2. The van der Waals surface area contributed by atoms with Gasteiger partial charge in [-0.2, -0.15) is 0 Å². The van der Waals surface area contributed by atoms with E-state index in [4.69, 9.17) is 4.74 Å². The van der Waals surface area contributed by atoms with Crippen molar-refractivity contribution in [2.24, 2.45) is 0 Å². The third-order valence-electron chi connectivity index (χ3n) is 7.71. The highest BCUT2D eigenvalue weighted by atomic mass is 16.5. The van der Waals surface area contributed by atoms with Crippen LogP contribution in [0.3, 0.4) is 0 Å². The first-order valence-corrected chi connectivity index (χ1v) is 13.6. The van der Waals surface area contributed by atoms with Gasteiger partial charge in [0.05, 0.1) is 6.10 Å². The van der Waals surface area contributed by atoms with E-state index in [1.54, 1.807) is 0 Å². The summed E-state index contributed by atoms with van der Waals surface area (Å²) in [6, 6.07) is 9.23. The van der Waals surface area contributed by atoms with E-state index >= 15 is 0 Å². The van der Waals surface area contributed by atoms with Crippen molar-refractivity contribution in [2.75, 3.05) is 38.1 Å². The standard InChI is InChI=1S/C29H43N5O2/c1-6-36-25-13-17-33(18-14-25)24-11-15-34(16-12-24)28(35)26-21(2)27(32-20-31-26)30-19-22-7-9-23(10-8-22)29(3,4)5/h7-10,20,24-25H,6,11-19H2,1-5H3,(H,30,31,32). The van der Waals surface area contributed by atoms with Crippen molar-refractivity contribution >= 4 is 11.7 Å². The molecule has 0 aliphatic carbocycles. The van der Waals surface area contributed by atoms with Gasteiger partial charge in [-0.3, -0.25) is 4.79 Å². The molecule has 1 amide bonds. The Hall–Kier alpha value is -2.51. The van der Waals surface area contributed by atoms with Crippen molar-refractivity contribution in [3.05, 3.63) is 53.0 Å². The summed E-state index contributed by atoms with van der Waals surface area (Å²) >= 11 is 0. The predicted octanol–water partition coefficient (Wildman–Crippen LogP) is 4.80. The topological polar surface area (TPSA) is 70.6 Å². The molecule has 7 heteroatoms. The molecule has 0 atom stereocenters. The lowest BCUT2D eigenvalue weighted by Gasteiger charge is -2.41. The molecule has 2 aliphatic heterocycles. The Bertz CT molecular complexity index is 1000. The van der Waals surface area contributed by atoms with E-state index in [0.29, 0.717) is 24.4 Å². The predicted molar refractivity (Wildman–Crippen MR) is 144 cm³/mol. The van der Waals surface area contributed by atoms with Gasteiger partial charge >= 0.3 is 0 Å². The fraction of sp³-hybridized carbons (Fsp3) is 0.621. The van der Waals surface area contributed by atoms with Crippen LogP contribution in [0.15, 0.2) is 30.6 Å². The first kappa shape index (κ1) is 26.6. The van der Waals surface area contributed by atoms with Gasteiger partial charge in [0.1, 0.15) is 17.8 Å². The number of benzene rings is 1. The smallest absolute Gasteiger partial charge is 0.272 e. The number of nitrogens with zero attached hydrogens (tertiary/aromatic N) is 4. The van der Waals surface area contributed by atoms with Crippen LogP contribution in [-0.2, 0) is 16.7 Å². The molecule has 2 saturated heterocycles. The number of ether oxygens (including phenoxy) is 1. The van der Waals surface area contributed by atoms with Gasteiger partial charge < -0.3 is 19.9 Å². The van der Waals surface area contributed by atoms with Crippen molar-refractivity contribution in [1.29, 1.82) is 0 Å². The van der Waals surface area contributed by atoms with Crippen LogP contribution in [0.25, 0.3) is 0 Å². The molecule has 2 aliphatic rings. The number of likely N-dealkylation sites (tertiary alicyclic amines) is 2. The summed E-state index contributed by atoms with van der Waals surface area (Å²) < 4.78 is 5.80. The molecule has 2 aromatic rings. The number of carbonyl (C=O) groups is 1. The molecule has 0 spiro atoms. The molecule has 0 bridgehead atoms. The quantitative estimate of drug-likeness (QED) is 0.597. The van der Waals surface area contributed by atoms with E-state index < -0.39 is 0 Å². The van der Waals surface area contributed by atoms with E-state index in [1.165, 1.54) is 17.5 Å². The Morgan fingerprint density at radius 1 is 1.03 bits per heavy atom. The molecule has 3 heterocycles. The average Bonchev–Trinajstić information content (AvgIpc) is 2.88. The molecule has 1 N–H and O–H groups in total. The molecular formula is C29H43N5O2. The Kier molecular flexibility index (Phi) is 8.62. The van der Waals surface area contributed by atoms with Crippen molar-refractivity contribution in [3.8, 4) is 0 Å². The van der Waals surface area contributed by atoms with Crippen LogP contribution in [0.1, 0.15) is 80.6 Å². The number of aromatic nitrogens is 2. The Morgan fingerprint density at radius 2 is 1.69 bits per heavy atom. The van der Waals surface area contributed by atoms with Crippen LogP contribution in [0.5, 0.6) is 0 Å². The molecule has 0 radical (unpaired) electrons. The third-order valence-corrected chi connectivity index (χ3v) is 7.71. The molecule has 36 heavy (non-hydrogen) atoms. The maximum absolute atomic E-state index is 13.4. The molecule has 0 saturated carbocycles. The van der Waals surface area contributed by atoms with Gasteiger partial charge in [0.2, 0.25) is 0 Å². The highest BCUT2D eigenvalue weighted by Gasteiger charge is 2.31. The minimum Gasteiger partial charge on any atom is -0.378 e. The summed E-state index contributed by atoms with van der Waals surface area (Å²) in [5.41, 5.74) is 3.96. The van der Waals surface area contributed by atoms with Crippen molar-refractivity contribution in [2.45, 2.75) is 84.4 Å². The summed E-state index contributed by atoms with van der Waals surface area (Å²) in [4.78, 5) is 26.7. The zero-order valence-electron chi connectivity index (χ0n) is 22.7. The van der Waals surface area contributed by atoms with Crippen molar-refractivity contribution in [3.63, 3.8) is 0 Å². The number of anilines is 1. The fourth-order valence-corrected chi connectivity index (χ4v) is 5.38. The lowest BCUT2D eigenvalue weighted by Crippen LogP contribution is -2.50. The first-order valence-electron chi connectivity index (χ1n) is 13.6. The molecule has 7 nitrogen and oxygen atoms in total. The van der Waals surface area contributed by atoms with Crippen LogP contribution in [0.4, 0.5) is 5.82 Å². The maximum Gasteiger partial charge on any atom is 0.272 e. The highest BCUT2D eigenvalue weighted by Crippen LogP contribution is 2.25. The third kappa shape index (κ3) is 6.43. The fourth-order valence-electron chi connectivity index (χ4n) is 5.38. The van der Waals surface area contributed by atoms with E-state index in [-0.39, 0.29) is 11.3 Å². The Balaban J connectivity index is 1.31. The van der Waals surface area contributed by atoms with E-state index in [0.717, 1.165) is 69.9 Å². The summed E-state index contributed by atoms with van der Waals surface area (Å²) in [5, 5.41) is 3.41. The Morgan fingerprint density at radius 3 is 2.31 bits per heavy atom. The highest BCUT2D eigenvalue weighted by molar-refractivity contribution is 5.94. The van der Waals surface area contributed by atoms with Gasteiger partial charge in [-0.15, -0.1) is 0 Å². The van der Waals surface area contributed by atoms with Crippen LogP contribution in [0, 0.1) is 6.92 Å². The largest absolute Gasteiger partial charge is 0.378 e. The SMILES string of the molecule is CCOC1CCN(C2CCN(C(=O)c3ncnc(NCc4ccc(C(C)(C)C)cc4)c3C)CC2)CC1. The molecule has 1 aromatic heterocycles. The second kappa shape index (κ2) is 11.7. The monoisotopic (exact) mass is 493 g/mol. The van der Waals surface area contributed by atoms with Gasteiger partial charge in [0, 0.05) is 50.9 Å². The van der Waals surface area contributed by atoms with Gasteiger partial charge in [-0.25, -0.2) is 9.97 Å². The first-order chi connectivity index (χ1) is 17.3. The van der Waals surface area contributed by atoms with Gasteiger partial charge in [-0.1, -0.05) is 45.0 Å². The second-order valence-electron chi connectivity index (χ2n) is 11.2. The van der Waals surface area contributed by atoms with Crippen LogP contribution in [0.2, 0.25) is 0 Å². The van der Waals surface area contributed by atoms with Gasteiger partial charge in [0.15, 0.2) is 0 Å². The number of hydrogen-bond donors (Lipinski definition) is 1. The maximum atomic E-state index is 13.4. The number of piperidine rings is 2.